The van der Waals surface area contributed by atoms with Crippen LogP contribution in [0.4, 0.5) is 0 Å². The Morgan fingerprint density at radius 3 is 3.00 bits per heavy atom. The molecule has 3 heteroatoms. The zero-order valence-corrected chi connectivity index (χ0v) is 10.8. The van der Waals surface area contributed by atoms with Crippen molar-refractivity contribution in [3.8, 4) is 0 Å². The molecule has 0 amide bonds. The van der Waals surface area contributed by atoms with Crippen molar-refractivity contribution in [3.63, 3.8) is 0 Å². The molecule has 1 heterocycles. The minimum absolute atomic E-state index is 0.407. The molecule has 1 aromatic rings. The monoisotopic (exact) mass is 255 g/mol. The van der Waals surface area contributed by atoms with E-state index in [0.717, 1.165) is 24.5 Å². The lowest BCUT2D eigenvalue weighted by molar-refractivity contribution is 0.277. The maximum Gasteiger partial charge on any atom is 0.0627 e. The second-order valence-corrected chi connectivity index (χ2v) is 6.05. The number of fused-ring (bicyclic) bond motifs is 3. The third kappa shape index (κ3) is 1.42. The van der Waals surface area contributed by atoms with Gasteiger partial charge < -0.3 is 5.32 Å². The van der Waals surface area contributed by atoms with Gasteiger partial charge in [0.25, 0.3) is 0 Å². The Bertz CT molecular complexity index is 444. The molecule has 1 fully saturated rings. The fourth-order valence-corrected chi connectivity index (χ4v) is 3.66. The maximum absolute atomic E-state index is 6.29. The molecule has 0 saturated carbocycles. The maximum atomic E-state index is 6.29. The van der Waals surface area contributed by atoms with Crippen LogP contribution in [0.25, 0.3) is 0 Å². The zero-order valence-electron chi connectivity index (χ0n) is 9.32. The summed E-state index contributed by atoms with van der Waals surface area (Å²) in [5, 5.41) is 4.96. The van der Waals surface area contributed by atoms with Crippen molar-refractivity contribution in [2.24, 2.45) is 5.41 Å². The molecule has 1 aromatic carbocycles. The molecule has 1 aliphatic heterocycles. The van der Waals surface area contributed by atoms with Crippen molar-refractivity contribution in [1.29, 1.82) is 0 Å². The fraction of sp³-hybridized carbons (Fsp3) is 0.538. The Balaban J connectivity index is 2.14. The molecule has 0 unspecified atom stereocenters. The van der Waals surface area contributed by atoms with Crippen LogP contribution in [0, 0.1) is 5.41 Å². The summed E-state index contributed by atoms with van der Waals surface area (Å²) in [7, 11) is 0. The number of rotatable bonds is 0. The first kappa shape index (κ1) is 10.9. The zero-order chi connectivity index (χ0) is 11.3. The van der Waals surface area contributed by atoms with Gasteiger partial charge in [0, 0.05) is 19.0 Å². The molecule has 0 spiro atoms. The van der Waals surface area contributed by atoms with Crippen LogP contribution in [0.15, 0.2) is 12.1 Å². The highest BCUT2D eigenvalue weighted by Crippen LogP contribution is 2.49. The quantitative estimate of drug-likeness (QED) is 0.747. The molecule has 1 saturated heterocycles. The van der Waals surface area contributed by atoms with Crippen molar-refractivity contribution in [1.82, 2.24) is 5.32 Å². The van der Waals surface area contributed by atoms with Crippen LogP contribution in [0.2, 0.25) is 10.0 Å². The molecule has 1 nitrogen and oxygen atoms in total. The van der Waals surface area contributed by atoms with Crippen LogP contribution in [0.5, 0.6) is 0 Å². The molecule has 0 aromatic heterocycles. The van der Waals surface area contributed by atoms with Gasteiger partial charge in [0.05, 0.1) is 10.0 Å². The van der Waals surface area contributed by atoms with Gasteiger partial charge in [-0.15, -0.1) is 0 Å². The molecule has 1 aliphatic carbocycles. The predicted octanol–water partition coefficient (Wildman–Crippen LogP) is 3.63. The van der Waals surface area contributed by atoms with Crippen LogP contribution in [-0.4, -0.2) is 13.1 Å². The van der Waals surface area contributed by atoms with Crippen LogP contribution < -0.4 is 5.32 Å². The second kappa shape index (κ2) is 3.63. The van der Waals surface area contributed by atoms with E-state index in [9.17, 15) is 0 Å². The molecule has 3 rings (SSSR count). The van der Waals surface area contributed by atoms with Gasteiger partial charge in [-0.05, 0) is 35.4 Å². The van der Waals surface area contributed by atoms with E-state index in [-0.39, 0.29) is 0 Å². The summed E-state index contributed by atoms with van der Waals surface area (Å²) >= 11 is 12.4. The average Bonchev–Trinajstić information content (AvgIpc) is 2.65. The highest BCUT2D eigenvalue weighted by molar-refractivity contribution is 6.42. The van der Waals surface area contributed by atoms with E-state index in [2.05, 4.69) is 18.3 Å². The average molecular weight is 256 g/mol. The smallest absolute Gasteiger partial charge is 0.0627 e. The van der Waals surface area contributed by atoms with Crippen LogP contribution in [0.3, 0.4) is 0 Å². The predicted molar refractivity (Wildman–Crippen MR) is 68.5 cm³/mol. The lowest BCUT2D eigenvalue weighted by Crippen LogP contribution is -2.30. The molecule has 0 bridgehead atoms. The van der Waals surface area contributed by atoms with Gasteiger partial charge in [-0.2, -0.15) is 0 Å². The third-order valence-electron chi connectivity index (χ3n) is 4.27. The SMILES string of the molecule is C[C@@]12CCc3c(ccc(Cl)c3Cl)[C@H]1CNC2. The van der Waals surface area contributed by atoms with E-state index >= 15 is 0 Å². The molecule has 0 radical (unpaired) electrons. The Morgan fingerprint density at radius 1 is 1.38 bits per heavy atom. The summed E-state index contributed by atoms with van der Waals surface area (Å²) in [6, 6.07) is 4.10. The van der Waals surface area contributed by atoms with Gasteiger partial charge in [0.1, 0.15) is 0 Å². The van der Waals surface area contributed by atoms with Crippen LogP contribution in [-0.2, 0) is 6.42 Å². The van der Waals surface area contributed by atoms with Crippen molar-refractivity contribution in [2.75, 3.05) is 13.1 Å². The summed E-state index contributed by atoms with van der Waals surface area (Å²) in [4.78, 5) is 0. The minimum atomic E-state index is 0.407. The van der Waals surface area contributed by atoms with Gasteiger partial charge >= 0.3 is 0 Å². The van der Waals surface area contributed by atoms with Gasteiger partial charge in [-0.3, -0.25) is 0 Å². The molecule has 1 N–H and O–H groups in total. The molecular formula is C13H15Cl2N. The molecular weight excluding hydrogens is 241 g/mol. The molecule has 2 aliphatic rings. The number of nitrogens with one attached hydrogen (secondary N) is 1. The van der Waals surface area contributed by atoms with Crippen molar-refractivity contribution >= 4 is 23.2 Å². The van der Waals surface area contributed by atoms with Gasteiger partial charge in [0.15, 0.2) is 0 Å². The fourth-order valence-electron chi connectivity index (χ4n) is 3.22. The summed E-state index contributed by atoms with van der Waals surface area (Å²) in [5.41, 5.74) is 3.10. The largest absolute Gasteiger partial charge is 0.316 e. The van der Waals surface area contributed by atoms with E-state index in [1.54, 1.807) is 0 Å². The van der Waals surface area contributed by atoms with Crippen molar-refractivity contribution < 1.29 is 0 Å². The molecule has 86 valence electrons. The normalized spacial score (nSPS) is 32.3. The first-order valence-electron chi connectivity index (χ1n) is 5.79. The first-order chi connectivity index (χ1) is 7.62. The summed E-state index contributed by atoms with van der Waals surface area (Å²) in [6.07, 6.45) is 2.27. The summed E-state index contributed by atoms with van der Waals surface area (Å²) in [6.45, 7) is 4.57. The van der Waals surface area contributed by atoms with E-state index in [1.807, 2.05) is 6.07 Å². The van der Waals surface area contributed by atoms with Gasteiger partial charge in [-0.25, -0.2) is 0 Å². The first-order valence-corrected chi connectivity index (χ1v) is 6.55. The van der Waals surface area contributed by atoms with Crippen LogP contribution >= 0.6 is 23.2 Å². The summed E-state index contributed by atoms with van der Waals surface area (Å²) in [5.74, 6) is 0.603. The molecule has 16 heavy (non-hydrogen) atoms. The lowest BCUT2D eigenvalue weighted by Gasteiger charge is -2.37. The Labute approximate surface area is 106 Å². The number of hydrogen-bond donors (Lipinski definition) is 1. The number of benzene rings is 1. The van der Waals surface area contributed by atoms with E-state index < -0.39 is 0 Å². The number of hydrogen-bond acceptors (Lipinski definition) is 1. The topological polar surface area (TPSA) is 12.0 Å². The van der Waals surface area contributed by atoms with E-state index in [0.29, 0.717) is 16.4 Å². The highest BCUT2D eigenvalue weighted by Gasteiger charge is 2.43. The van der Waals surface area contributed by atoms with Gasteiger partial charge in [0.2, 0.25) is 0 Å². The number of halogens is 2. The second-order valence-electron chi connectivity index (χ2n) is 5.27. The standard InChI is InChI=1S/C13H15Cl2N/c1-13-5-4-9-8(10(13)6-16-7-13)2-3-11(14)12(9)15/h2-3,10,16H,4-7H2,1H3/t10-,13+/m1/s1. The Hall–Kier alpha value is -0.240. The van der Waals surface area contributed by atoms with E-state index in [4.69, 9.17) is 23.2 Å². The van der Waals surface area contributed by atoms with E-state index in [1.165, 1.54) is 17.5 Å². The summed E-state index contributed by atoms with van der Waals surface area (Å²) < 4.78 is 0. The van der Waals surface area contributed by atoms with Gasteiger partial charge in [-0.1, -0.05) is 36.2 Å². The van der Waals surface area contributed by atoms with Crippen LogP contribution in [0.1, 0.15) is 30.4 Å². The third-order valence-corrected chi connectivity index (χ3v) is 5.12. The Morgan fingerprint density at radius 2 is 2.19 bits per heavy atom. The minimum Gasteiger partial charge on any atom is -0.316 e. The highest BCUT2D eigenvalue weighted by atomic mass is 35.5. The Kier molecular flexibility index (Phi) is 2.47. The van der Waals surface area contributed by atoms with Crippen molar-refractivity contribution in [2.45, 2.75) is 25.7 Å². The lowest BCUT2D eigenvalue weighted by atomic mass is 9.67. The molecule has 2 atom stereocenters. The van der Waals surface area contributed by atoms with Crippen molar-refractivity contribution in [3.05, 3.63) is 33.3 Å².